The number of nitrogens with zero attached hydrogens (tertiary/aromatic N) is 1. The molecule has 1 aliphatic heterocycles. The van der Waals surface area contributed by atoms with E-state index in [1.807, 2.05) is 0 Å². The molecule has 8 nitrogen and oxygen atoms in total. The highest BCUT2D eigenvalue weighted by Gasteiger charge is 2.27. The molecular weight excluding hydrogens is 444 g/mol. The number of hydrogen-bond acceptors (Lipinski definition) is 6. The Kier molecular flexibility index (Phi) is 8.05. The van der Waals surface area contributed by atoms with Crippen LogP contribution < -0.4 is 10.1 Å². The molecule has 0 aliphatic carbocycles. The number of methoxy groups -OCH3 is 1. The topological polar surface area (TPSA) is 94.2 Å². The number of nitrogens with one attached hydrogen (secondary N) is 1. The van der Waals surface area contributed by atoms with Crippen molar-refractivity contribution in [1.29, 1.82) is 0 Å². The fraction of sp³-hybridized carbons (Fsp3) is 0.286. The van der Waals surface area contributed by atoms with Gasteiger partial charge in [0.1, 0.15) is 5.75 Å². The zero-order valence-electron chi connectivity index (χ0n) is 16.9. The molecule has 0 saturated carbocycles. The van der Waals surface area contributed by atoms with Gasteiger partial charge in [-0.25, -0.2) is 8.42 Å². The summed E-state index contributed by atoms with van der Waals surface area (Å²) in [5.41, 5.74) is 1.00. The molecule has 0 bridgehead atoms. The molecule has 0 spiro atoms. The average Bonchev–Trinajstić information content (AvgIpc) is 2.79. The Bertz CT molecular complexity index is 1030. The summed E-state index contributed by atoms with van der Waals surface area (Å²) < 4.78 is 42.4. The van der Waals surface area contributed by atoms with Gasteiger partial charge in [0.05, 0.1) is 28.8 Å². The minimum absolute atomic E-state index is 0.0599. The van der Waals surface area contributed by atoms with E-state index in [1.165, 1.54) is 35.7 Å². The van der Waals surface area contributed by atoms with E-state index >= 15 is 0 Å². The number of anilines is 1. The summed E-state index contributed by atoms with van der Waals surface area (Å²) in [5.74, 6) is 0.205. The van der Waals surface area contributed by atoms with Gasteiger partial charge in [0.25, 0.3) is 0 Å². The van der Waals surface area contributed by atoms with Crippen LogP contribution in [0.3, 0.4) is 0 Å². The third kappa shape index (κ3) is 6.28. The van der Waals surface area contributed by atoms with Crippen LogP contribution in [0.15, 0.2) is 53.4 Å². The largest absolute Gasteiger partial charge is 0.468 e. The lowest BCUT2D eigenvalue weighted by atomic mass is 10.2. The van der Waals surface area contributed by atoms with Gasteiger partial charge in [0, 0.05) is 26.3 Å². The molecule has 10 heteroatoms. The van der Waals surface area contributed by atoms with Crippen molar-refractivity contribution in [3.63, 3.8) is 0 Å². The van der Waals surface area contributed by atoms with Crippen LogP contribution in [0.25, 0.3) is 6.08 Å². The van der Waals surface area contributed by atoms with Gasteiger partial charge in [0.2, 0.25) is 15.9 Å². The highest BCUT2D eigenvalue weighted by Crippen LogP contribution is 2.27. The number of benzene rings is 2. The molecule has 1 saturated heterocycles. The van der Waals surface area contributed by atoms with E-state index in [2.05, 4.69) is 5.32 Å². The predicted octanol–water partition coefficient (Wildman–Crippen LogP) is 3.00. The first-order chi connectivity index (χ1) is 14.9. The molecule has 2 aromatic carbocycles. The van der Waals surface area contributed by atoms with Gasteiger partial charge in [-0.3, -0.25) is 4.79 Å². The molecule has 2 aromatic rings. The van der Waals surface area contributed by atoms with Crippen LogP contribution in [-0.2, 0) is 24.3 Å². The van der Waals surface area contributed by atoms with E-state index in [-0.39, 0.29) is 35.5 Å². The first-order valence-corrected chi connectivity index (χ1v) is 11.3. The van der Waals surface area contributed by atoms with E-state index in [4.69, 9.17) is 25.8 Å². The molecule has 1 amide bonds. The Hall–Kier alpha value is -2.43. The summed E-state index contributed by atoms with van der Waals surface area (Å²) in [4.78, 5) is 12.4. The standard InChI is InChI=1S/C21H23ClN2O6S/c1-28-15-30-17-5-2-16(3-6-17)4-9-21(25)23-20-14-18(7-8-19(20)22)31(26,27)24-10-12-29-13-11-24/h2-9,14H,10-13,15H2,1H3,(H,23,25)/b9-4+. The first kappa shape index (κ1) is 23.2. The van der Waals surface area contributed by atoms with Crippen LogP contribution in [0.2, 0.25) is 5.02 Å². The minimum atomic E-state index is -3.70. The summed E-state index contributed by atoms with van der Waals surface area (Å²) in [6.45, 7) is 1.41. The fourth-order valence-electron chi connectivity index (χ4n) is 2.85. The van der Waals surface area contributed by atoms with Gasteiger partial charge in [-0.15, -0.1) is 0 Å². The monoisotopic (exact) mass is 466 g/mol. The number of hydrogen-bond donors (Lipinski definition) is 1. The number of halogens is 1. The molecule has 0 aromatic heterocycles. The molecule has 0 atom stereocenters. The number of ether oxygens (including phenoxy) is 3. The SMILES string of the molecule is COCOc1ccc(/C=C/C(=O)Nc2cc(S(=O)(=O)N3CCOCC3)ccc2Cl)cc1. The molecule has 31 heavy (non-hydrogen) atoms. The van der Waals surface area contributed by atoms with Gasteiger partial charge in [-0.05, 0) is 42.0 Å². The van der Waals surface area contributed by atoms with E-state index in [9.17, 15) is 13.2 Å². The van der Waals surface area contributed by atoms with Crippen molar-refractivity contribution in [2.75, 3.05) is 45.5 Å². The second kappa shape index (κ2) is 10.7. The number of rotatable bonds is 8. The van der Waals surface area contributed by atoms with Crippen molar-refractivity contribution in [2.45, 2.75) is 4.90 Å². The third-order valence-corrected chi connectivity index (χ3v) is 6.68. The second-order valence-corrected chi connectivity index (χ2v) is 8.95. The predicted molar refractivity (Wildman–Crippen MR) is 118 cm³/mol. The van der Waals surface area contributed by atoms with Crippen molar-refractivity contribution < 1.29 is 27.4 Å². The Morgan fingerprint density at radius 3 is 2.58 bits per heavy atom. The van der Waals surface area contributed by atoms with E-state index in [1.54, 1.807) is 30.3 Å². The van der Waals surface area contributed by atoms with Crippen LogP contribution in [0.4, 0.5) is 5.69 Å². The Morgan fingerprint density at radius 1 is 1.19 bits per heavy atom. The van der Waals surface area contributed by atoms with Gasteiger partial charge in [0.15, 0.2) is 6.79 Å². The number of sulfonamides is 1. The summed E-state index contributed by atoms with van der Waals surface area (Å²) >= 11 is 6.16. The highest BCUT2D eigenvalue weighted by molar-refractivity contribution is 7.89. The average molecular weight is 467 g/mol. The van der Waals surface area contributed by atoms with E-state index < -0.39 is 15.9 Å². The van der Waals surface area contributed by atoms with Crippen molar-refractivity contribution in [3.05, 3.63) is 59.1 Å². The van der Waals surface area contributed by atoms with Crippen LogP contribution in [0.1, 0.15) is 5.56 Å². The molecule has 1 fully saturated rings. The minimum Gasteiger partial charge on any atom is -0.468 e. The Balaban J connectivity index is 1.68. The summed E-state index contributed by atoms with van der Waals surface area (Å²) in [6, 6.07) is 11.3. The van der Waals surface area contributed by atoms with Crippen molar-refractivity contribution in [2.24, 2.45) is 0 Å². The van der Waals surface area contributed by atoms with Crippen molar-refractivity contribution in [3.8, 4) is 5.75 Å². The lowest BCUT2D eigenvalue weighted by molar-refractivity contribution is -0.111. The molecule has 0 radical (unpaired) electrons. The second-order valence-electron chi connectivity index (χ2n) is 6.60. The number of amides is 1. The number of carbonyl (C=O) groups is 1. The van der Waals surface area contributed by atoms with Crippen LogP contribution in [0, 0.1) is 0 Å². The van der Waals surface area contributed by atoms with Gasteiger partial charge < -0.3 is 19.5 Å². The molecular formula is C21H23ClN2O6S. The number of morpholine rings is 1. The first-order valence-electron chi connectivity index (χ1n) is 9.48. The zero-order valence-corrected chi connectivity index (χ0v) is 18.5. The van der Waals surface area contributed by atoms with Gasteiger partial charge in [-0.2, -0.15) is 4.31 Å². The maximum absolute atomic E-state index is 12.8. The molecule has 0 unspecified atom stereocenters. The molecule has 1 N–H and O–H groups in total. The molecule has 3 rings (SSSR count). The summed E-state index contributed by atoms with van der Waals surface area (Å²) in [5, 5.41) is 2.87. The van der Waals surface area contributed by atoms with E-state index in [0.717, 1.165) is 5.56 Å². The van der Waals surface area contributed by atoms with Gasteiger partial charge in [-0.1, -0.05) is 23.7 Å². The number of carbonyl (C=O) groups excluding carboxylic acids is 1. The maximum Gasteiger partial charge on any atom is 0.248 e. The summed E-state index contributed by atoms with van der Waals surface area (Å²) in [7, 11) is -2.16. The van der Waals surface area contributed by atoms with Crippen LogP contribution >= 0.6 is 11.6 Å². The van der Waals surface area contributed by atoms with Crippen LogP contribution in [-0.4, -0.2) is 58.8 Å². The molecule has 1 heterocycles. The highest BCUT2D eigenvalue weighted by atomic mass is 35.5. The van der Waals surface area contributed by atoms with Gasteiger partial charge >= 0.3 is 0 Å². The van der Waals surface area contributed by atoms with Crippen molar-refractivity contribution in [1.82, 2.24) is 4.31 Å². The summed E-state index contributed by atoms with van der Waals surface area (Å²) in [6.07, 6.45) is 2.96. The maximum atomic E-state index is 12.8. The van der Waals surface area contributed by atoms with Crippen LogP contribution in [0.5, 0.6) is 5.75 Å². The smallest absolute Gasteiger partial charge is 0.248 e. The zero-order chi connectivity index (χ0) is 22.3. The molecule has 166 valence electrons. The Labute approximate surface area is 186 Å². The lowest BCUT2D eigenvalue weighted by Crippen LogP contribution is -2.40. The third-order valence-electron chi connectivity index (χ3n) is 4.45. The van der Waals surface area contributed by atoms with Crippen molar-refractivity contribution >= 4 is 39.3 Å². The quantitative estimate of drug-likeness (QED) is 0.474. The lowest BCUT2D eigenvalue weighted by Gasteiger charge is -2.26. The normalized spacial score (nSPS) is 15.2. The fourth-order valence-corrected chi connectivity index (χ4v) is 4.44. The van der Waals surface area contributed by atoms with E-state index in [0.29, 0.717) is 19.0 Å². The Morgan fingerprint density at radius 2 is 1.90 bits per heavy atom. The molecule has 1 aliphatic rings.